The molecule has 10 nitrogen and oxygen atoms in total. The Hall–Kier alpha value is -3.28. The zero-order valence-corrected chi connectivity index (χ0v) is 28.2. The number of ether oxygens (including phenoxy) is 2. The highest BCUT2D eigenvalue weighted by Gasteiger charge is 2.53. The van der Waals surface area contributed by atoms with Gasteiger partial charge in [-0.05, 0) is 81.4 Å². The molecular formula is C37H47FN8O2. The smallest absolute Gasteiger partial charge is 0.282 e. The van der Waals surface area contributed by atoms with Crippen molar-refractivity contribution < 1.29 is 13.9 Å². The Bertz CT molecular complexity index is 1640. The van der Waals surface area contributed by atoms with Crippen molar-refractivity contribution in [1.82, 2.24) is 34.9 Å². The molecule has 6 aliphatic rings. The van der Waals surface area contributed by atoms with Gasteiger partial charge in [-0.2, -0.15) is 0 Å². The second-order valence-electron chi connectivity index (χ2n) is 15.9. The molecule has 9 rings (SSSR count). The Labute approximate surface area is 282 Å². The third-order valence-corrected chi connectivity index (χ3v) is 12.5. The molecule has 0 unspecified atom stereocenters. The molecule has 0 radical (unpaired) electrons. The number of hydrogen-bond acceptors (Lipinski definition) is 10. The van der Waals surface area contributed by atoms with Crippen LogP contribution in [0.2, 0.25) is 0 Å². The second-order valence-corrected chi connectivity index (χ2v) is 15.9. The molecule has 6 heterocycles. The average molecular weight is 655 g/mol. The minimum Gasteiger partial charge on any atom is -0.434 e. The molecule has 1 atom stereocenters. The first kappa shape index (κ1) is 30.8. The molecule has 2 aliphatic carbocycles. The maximum atomic E-state index is 14.6. The molecule has 1 aromatic carbocycles. The van der Waals surface area contributed by atoms with Crippen LogP contribution < -0.4 is 9.64 Å². The highest BCUT2D eigenvalue weighted by Crippen LogP contribution is 2.49. The van der Waals surface area contributed by atoms with Crippen molar-refractivity contribution in [3.05, 3.63) is 48.6 Å². The van der Waals surface area contributed by atoms with Gasteiger partial charge in [0.25, 0.3) is 5.88 Å². The molecule has 4 saturated heterocycles. The summed E-state index contributed by atoms with van der Waals surface area (Å²) in [5.74, 6) is 3.01. The minimum atomic E-state index is -0.336. The molecule has 11 heteroatoms. The highest BCUT2D eigenvalue weighted by molar-refractivity contribution is 5.73. The van der Waals surface area contributed by atoms with Gasteiger partial charge in [-0.3, -0.25) is 4.90 Å². The fourth-order valence-electron chi connectivity index (χ4n) is 9.63. The number of aromatic nitrogens is 5. The van der Waals surface area contributed by atoms with Gasteiger partial charge in [-0.25, -0.2) is 19.3 Å². The van der Waals surface area contributed by atoms with E-state index in [2.05, 4.69) is 53.7 Å². The molecule has 3 aromatic rings. The van der Waals surface area contributed by atoms with E-state index in [0.717, 1.165) is 75.3 Å². The Morgan fingerprint density at radius 2 is 1.77 bits per heavy atom. The minimum absolute atomic E-state index is 0.233. The number of anilines is 1. The molecule has 0 amide bonds. The summed E-state index contributed by atoms with van der Waals surface area (Å²) in [5, 5.41) is 8.46. The van der Waals surface area contributed by atoms with Crippen molar-refractivity contribution in [1.29, 1.82) is 0 Å². The van der Waals surface area contributed by atoms with Crippen LogP contribution in [0, 0.1) is 23.1 Å². The van der Waals surface area contributed by atoms with Gasteiger partial charge in [0.2, 0.25) is 0 Å². The molecule has 2 aromatic heterocycles. The Kier molecular flexibility index (Phi) is 7.66. The lowest BCUT2D eigenvalue weighted by Gasteiger charge is -2.58. The van der Waals surface area contributed by atoms with Gasteiger partial charge in [0.15, 0.2) is 5.82 Å². The van der Waals surface area contributed by atoms with Crippen LogP contribution in [0.4, 0.5) is 10.2 Å². The second kappa shape index (κ2) is 11.9. The molecule has 254 valence electrons. The molecule has 48 heavy (non-hydrogen) atoms. The lowest BCUT2D eigenvalue weighted by Crippen LogP contribution is -2.66. The van der Waals surface area contributed by atoms with Crippen LogP contribution in [0.3, 0.4) is 0 Å². The lowest BCUT2D eigenvalue weighted by molar-refractivity contribution is -0.179. The number of benzene rings is 1. The molecule has 2 spiro atoms. The van der Waals surface area contributed by atoms with Gasteiger partial charge < -0.3 is 19.3 Å². The average Bonchev–Trinajstić information content (AvgIpc) is 3.80. The monoisotopic (exact) mass is 654 g/mol. The summed E-state index contributed by atoms with van der Waals surface area (Å²) in [4.78, 5) is 21.3. The topological polar surface area (TPSA) is 92.6 Å². The van der Waals surface area contributed by atoms with E-state index >= 15 is 0 Å². The number of hydrogen-bond donors (Lipinski definition) is 0. The normalized spacial score (nSPS) is 27.1. The van der Waals surface area contributed by atoms with E-state index in [9.17, 15) is 4.39 Å². The summed E-state index contributed by atoms with van der Waals surface area (Å²) in [7, 11) is 0. The standard InChI is InChI=1S/C37H47FN8O2/c1-24(2)33(26-15-28(16-26)44-12-8-37(9-13-44)10-14-47-37)46-20-36(21-46)7-11-45(19-36)34-35(43-42-23-41-34)48-31-6-5-27(38)17-29(31)30-18-39-22-40-32(30)25-3-4-25/h5-6,17-18,22-26,28,33H,3-4,7-16,19-21H2,1-2H3/t26?,28?,33-/m1/s1. The number of piperidine rings is 1. The molecular weight excluding hydrogens is 607 g/mol. The van der Waals surface area contributed by atoms with Crippen LogP contribution in [0.5, 0.6) is 11.6 Å². The van der Waals surface area contributed by atoms with E-state index in [1.54, 1.807) is 18.6 Å². The first-order chi connectivity index (χ1) is 23.4. The lowest BCUT2D eigenvalue weighted by atomic mass is 9.67. The summed E-state index contributed by atoms with van der Waals surface area (Å²) in [5.41, 5.74) is 2.85. The Balaban J connectivity index is 0.856. The van der Waals surface area contributed by atoms with Crippen LogP contribution in [-0.2, 0) is 4.74 Å². The zero-order chi connectivity index (χ0) is 32.5. The SMILES string of the molecule is CC(C)[C@H](C1CC(N2CCC3(CCO3)CC2)C1)N1CC2(CCN(c3ncnnc3Oc3ccc(F)cc3-c3cncnc3C3CC3)C2)C1. The van der Waals surface area contributed by atoms with Crippen molar-refractivity contribution >= 4 is 5.82 Å². The highest BCUT2D eigenvalue weighted by atomic mass is 19.1. The largest absolute Gasteiger partial charge is 0.434 e. The predicted molar refractivity (Wildman–Crippen MR) is 179 cm³/mol. The molecule has 0 bridgehead atoms. The maximum Gasteiger partial charge on any atom is 0.282 e. The number of halogens is 1. The summed E-state index contributed by atoms with van der Waals surface area (Å²) in [6.07, 6.45) is 14.5. The van der Waals surface area contributed by atoms with Crippen molar-refractivity contribution in [3.63, 3.8) is 0 Å². The fourth-order valence-corrected chi connectivity index (χ4v) is 9.63. The number of nitrogens with zero attached hydrogens (tertiary/aromatic N) is 8. The number of rotatable bonds is 9. The van der Waals surface area contributed by atoms with E-state index in [-0.39, 0.29) is 16.8 Å². The van der Waals surface area contributed by atoms with E-state index in [1.165, 1.54) is 63.7 Å². The van der Waals surface area contributed by atoms with Gasteiger partial charge in [0, 0.05) is 80.0 Å². The van der Waals surface area contributed by atoms with Crippen molar-refractivity contribution in [2.75, 3.05) is 50.8 Å². The third kappa shape index (κ3) is 5.55. The predicted octanol–water partition coefficient (Wildman–Crippen LogP) is 5.71. The van der Waals surface area contributed by atoms with Crippen LogP contribution in [0.25, 0.3) is 11.1 Å². The Morgan fingerprint density at radius 3 is 2.50 bits per heavy atom. The van der Waals surface area contributed by atoms with E-state index < -0.39 is 0 Å². The maximum absolute atomic E-state index is 14.6. The van der Waals surface area contributed by atoms with Crippen LogP contribution in [0.1, 0.15) is 76.8 Å². The van der Waals surface area contributed by atoms with E-state index in [4.69, 9.17) is 9.47 Å². The summed E-state index contributed by atoms with van der Waals surface area (Å²) in [6, 6.07) is 5.97. The van der Waals surface area contributed by atoms with Crippen molar-refractivity contribution in [2.45, 2.75) is 88.8 Å². The summed E-state index contributed by atoms with van der Waals surface area (Å²) >= 11 is 0. The molecule has 6 fully saturated rings. The quantitative estimate of drug-likeness (QED) is 0.286. The first-order valence-electron chi connectivity index (χ1n) is 18.2. The van der Waals surface area contributed by atoms with Gasteiger partial charge in [-0.1, -0.05) is 13.8 Å². The zero-order valence-electron chi connectivity index (χ0n) is 28.2. The fraction of sp³-hybridized carbons (Fsp3) is 0.649. The summed E-state index contributed by atoms with van der Waals surface area (Å²) in [6.45, 7) is 12.3. The Morgan fingerprint density at radius 1 is 0.958 bits per heavy atom. The summed E-state index contributed by atoms with van der Waals surface area (Å²) < 4.78 is 27.0. The van der Waals surface area contributed by atoms with Gasteiger partial charge in [0.1, 0.15) is 24.2 Å². The van der Waals surface area contributed by atoms with Gasteiger partial charge in [-0.15, -0.1) is 10.2 Å². The first-order valence-corrected chi connectivity index (χ1v) is 18.2. The van der Waals surface area contributed by atoms with E-state index in [1.807, 2.05) is 0 Å². The van der Waals surface area contributed by atoms with E-state index in [0.29, 0.717) is 40.9 Å². The van der Waals surface area contributed by atoms with Gasteiger partial charge >= 0.3 is 0 Å². The molecule has 4 aliphatic heterocycles. The molecule has 2 saturated carbocycles. The van der Waals surface area contributed by atoms with Crippen molar-refractivity contribution in [3.8, 4) is 22.8 Å². The van der Waals surface area contributed by atoms with Crippen molar-refractivity contribution in [2.24, 2.45) is 17.3 Å². The molecule has 0 N–H and O–H groups in total. The number of likely N-dealkylation sites (tertiary alicyclic amines) is 2. The van der Waals surface area contributed by atoms with Crippen LogP contribution >= 0.6 is 0 Å². The van der Waals surface area contributed by atoms with Crippen LogP contribution in [0.15, 0.2) is 37.1 Å². The van der Waals surface area contributed by atoms with Gasteiger partial charge in [0.05, 0.1) is 17.9 Å². The third-order valence-electron chi connectivity index (χ3n) is 12.5. The van der Waals surface area contributed by atoms with Crippen LogP contribution in [-0.4, -0.2) is 98.5 Å².